The first kappa shape index (κ1) is 47.9. The number of unbranched alkanes of at least 4 members (excludes halogenated alkanes) is 13. The molecule has 0 aromatic heterocycles. The van der Waals surface area contributed by atoms with Crippen molar-refractivity contribution in [3.8, 4) is 0 Å². The van der Waals surface area contributed by atoms with Crippen LogP contribution in [-0.2, 0) is 32.7 Å². The maximum Gasteiger partial charge on any atom is 0.472 e. The van der Waals surface area contributed by atoms with Crippen LogP contribution in [0.2, 0.25) is 0 Å². The number of ether oxygens (including phenoxy) is 2. The average molecular weight is 729 g/mol. The molecule has 0 aliphatic heterocycles. The number of aliphatic hydroxyl groups is 2. The first-order chi connectivity index (χ1) is 24.3. The maximum atomic E-state index is 12.3. The van der Waals surface area contributed by atoms with E-state index in [1.165, 1.54) is 19.3 Å². The lowest BCUT2D eigenvalue weighted by atomic mass is 10.1. The topological polar surface area (TPSA) is 149 Å². The van der Waals surface area contributed by atoms with Gasteiger partial charge in [-0.1, -0.05) is 120 Å². The molecule has 0 bridgehead atoms. The minimum Gasteiger partial charge on any atom is -0.457 e. The van der Waals surface area contributed by atoms with Crippen LogP contribution in [0.5, 0.6) is 0 Å². The van der Waals surface area contributed by atoms with Crippen molar-refractivity contribution >= 4 is 19.8 Å². The number of hydrogen-bond acceptors (Lipinski definition) is 9. The van der Waals surface area contributed by atoms with E-state index in [1.54, 1.807) is 0 Å². The molecule has 3 unspecified atom stereocenters. The maximum absolute atomic E-state index is 12.3. The summed E-state index contributed by atoms with van der Waals surface area (Å²) in [7, 11) is -4.64. The van der Waals surface area contributed by atoms with Crippen LogP contribution in [0.3, 0.4) is 0 Å². The lowest BCUT2D eigenvalue weighted by Crippen LogP contribution is -2.28. The quantitative estimate of drug-likeness (QED) is 0.0249. The fourth-order valence-corrected chi connectivity index (χ4v) is 5.54. The zero-order valence-corrected chi connectivity index (χ0v) is 32.0. The van der Waals surface area contributed by atoms with Crippen LogP contribution in [0.25, 0.3) is 0 Å². The van der Waals surface area contributed by atoms with Crippen molar-refractivity contribution in [1.82, 2.24) is 0 Å². The second-order valence-corrected chi connectivity index (χ2v) is 14.0. The summed E-state index contributed by atoms with van der Waals surface area (Å²) in [5.74, 6) is -1.05. The molecular weight excluding hydrogens is 659 g/mol. The molecule has 0 rings (SSSR count). The molecule has 0 saturated heterocycles. The summed E-state index contributed by atoms with van der Waals surface area (Å²) in [6.45, 7) is 2.04. The number of allylic oxidation sites excluding steroid dienone is 8. The monoisotopic (exact) mass is 728 g/mol. The lowest BCUT2D eigenvalue weighted by Gasteiger charge is -2.20. The van der Waals surface area contributed by atoms with E-state index in [2.05, 4.69) is 62.5 Å². The predicted octanol–water partition coefficient (Wildman–Crippen LogP) is 9.38. The van der Waals surface area contributed by atoms with Gasteiger partial charge in [-0.2, -0.15) is 0 Å². The smallest absolute Gasteiger partial charge is 0.457 e. The van der Waals surface area contributed by atoms with Crippen molar-refractivity contribution in [2.24, 2.45) is 0 Å². The Hall–Kier alpha value is -2.07. The van der Waals surface area contributed by atoms with E-state index in [0.717, 1.165) is 89.9 Å². The molecule has 0 fully saturated rings. The Morgan fingerprint density at radius 3 is 1.32 bits per heavy atom. The van der Waals surface area contributed by atoms with Crippen molar-refractivity contribution in [2.75, 3.05) is 26.4 Å². The Bertz CT molecular complexity index is 978. The van der Waals surface area contributed by atoms with Gasteiger partial charge in [0.1, 0.15) is 12.2 Å². The van der Waals surface area contributed by atoms with Crippen LogP contribution >= 0.6 is 7.82 Å². The number of carbonyl (C=O) groups excluding carboxylic acids is 2. The molecule has 11 heteroatoms. The van der Waals surface area contributed by atoms with Gasteiger partial charge in [-0.05, 0) is 64.2 Å². The van der Waals surface area contributed by atoms with Crippen molar-refractivity contribution in [1.29, 1.82) is 0 Å². The number of hydrogen-bond donors (Lipinski definition) is 3. The Labute approximate surface area is 303 Å². The van der Waals surface area contributed by atoms with Crippen LogP contribution in [0.4, 0.5) is 0 Å². The second-order valence-electron chi connectivity index (χ2n) is 12.5. The van der Waals surface area contributed by atoms with E-state index in [1.807, 2.05) is 0 Å². The van der Waals surface area contributed by atoms with E-state index in [-0.39, 0.29) is 12.8 Å². The standard InChI is InChI=1S/C39H69O10P/c1-3-5-7-9-11-13-15-17-19-21-23-25-27-29-31-39(43)49-37(33-41)35-47-50(44,45)46-34-36(32-40)48-38(42)30-28-26-24-22-20-18-16-14-12-10-8-6-4-2/h8-11,14-17,36-37,40-41H,3-7,12-13,18-35H2,1-2H3,(H,44,45)/b10-8-,11-9-,16-14-,17-15-. The largest absolute Gasteiger partial charge is 0.472 e. The highest BCUT2D eigenvalue weighted by Gasteiger charge is 2.27. The van der Waals surface area contributed by atoms with Gasteiger partial charge in [-0.25, -0.2) is 4.57 Å². The normalized spacial score (nSPS) is 14.6. The minimum atomic E-state index is -4.64. The third-order valence-corrected chi connectivity index (χ3v) is 8.70. The highest BCUT2D eigenvalue weighted by atomic mass is 31.2. The van der Waals surface area contributed by atoms with Crippen LogP contribution in [0.15, 0.2) is 48.6 Å². The van der Waals surface area contributed by atoms with Crippen LogP contribution in [0.1, 0.15) is 149 Å². The molecule has 0 aliphatic carbocycles. The van der Waals surface area contributed by atoms with Crippen molar-refractivity contribution in [3.63, 3.8) is 0 Å². The van der Waals surface area contributed by atoms with Gasteiger partial charge >= 0.3 is 19.8 Å². The molecular formula is C39H69O10P. The fraction of sp³-hybridized carbons (Fsp3) is 0.744. The summed E-state index contributed by atoms with van der Waals surface area (Å²) in [6.07, 6.45) is 35.1. The van der Waals surface area contributed by atoms with E-state index < -0.39 is 58.4 Å². The summed E-state index contributed by atoms with van der Waals surface area (Å²) >= 11 is 0. The first-order valence-corrected chi connectivity index (χ1v) is 20.6. The fourth-order valence-electron chi connectivity index (χ4n) is 4.76. The Balaban J connectivity index is 4.03. The molecule has 3 atom stereocenters. The molecule has 3 N–H and O–H groups in total. The SMILES string of the molecule is CCC/C=C\C/C=C\CCCCCCCC(=O)OC(CO)COP(=O)(O)OCC(CO)OC(=O)CCCCCCC/C=C\C/C=C\CCCC. The number of esters is 2. The van der Waals surface area contributed by atoms with Gasteiger partial charge in [-0.3, -0.25) is 18.6 Å². The molecule has 10 nitrogen and oxygen atoms in total. The van der Waals surface area contributed by atoms with Crippen LogP contribution < -0.4 is 0 Å². The molecule has 50 heavy (non-hydrogen) atoms. The Kier molecular flexibility index (Phi) is 33.9. The van der Waals surface area contributed by atoms with E-state index in [9.17, 15) is 29.3 Å². The predicted molar refractivity (Wildman–Crippen MR) is 201 cm³/mol. The Morgan fingerprint density at radius 2 is 0.920 bits per heavy atom. The summed E-state index contributed by atoms with van der Waals surface area (Å²) in [6, 6.07) is 0. The van der Waals surface area contributed by atoms with Gasteiger partial charge < -0.3 is 24.6 Å². The number of phosphoric ester groups is 1. The Morgan fingerprint density at radius 1 is 0.540 bits per heavy atom. The summed E-state index contributed by atoms with van der Waals surface area (Å²) in [5.41, 5.74) is 0. The third-order valence-electron chi connectivity index (χ3n) is 7.74. The molecule has 0 heterocycles. The molecule has 0 aliphatic rings. The molecule has 0 radical (unpaired) electrons. The van der Waals surface area contributed by atoms with Gasteiger partial charge in [0.15, 0.2) is 0 Å². The highest BCUT2D eigenvalue weighted by Crippen LogP contribution is 2.43. The van der Waals surface area contributed by atoms with Gasteiger partial charge in [0.2, 0.25) is 0 Å². The molecule has 0 spiro atoms. The summed E-state index contributed by atoms with van der Waals surface area (Å²) < 4.78 is 32.4. The first-order valence-electron chi connectivity index (χ1n) is 19.1. The number of aliphatic hydroxyl groups excluding tert-OH is 2. The minimum absolute atomic E-state index is 0.173. The average Bonchev–Trinajstić information content (AvgIpc) is 3.10. The zero-order valence-electron chi connectivity index (χ0n) is 31.1. The van der Waals surface area contributed by atoms with Crippen LogP contribution in [0, 0.1) is 0 Å². The summed E-state index contributed by atoms with van der Waals surface area (Å²) in [4.78, 5) is 34.3. The molecule has 0 saturated carbocycles. The molecule has 0 aromatic rings. The van der Waals surface area contributed by atoms with E-state index in [4.69, 9.17) is 18.5 Å². The van der Waals surface area contributed by atoms with Crippen molar-refractivity contribution < 1.29 is 47.8 Å². The number of carbonyl (C=O) groups is 2. The van der Waals surface area contributed by atoms with Gasteiger partial charge in [-0.15, -0.1) is 0 Å². The number of phosphoric acid groups is 1. The third kappa shape index (κ3) is 33.1. The molecule has 0 amide bonds. The molecule has 0 aromatic carbocycles. The van der Waals surface area contributed by atoms with Gasteiger partial charge in [0, 0.05) is 12.8 Å². The van der Waals surface area contributed by atoms with Crippen molar-refractivity contribution in [2.45, 2.75) is 161 Å². The second kappa shape index (κ2) is 35.3. The lowest BCUT2D eigenvalue weighted by molar-refractivity contribution is -0.153. The van der Waals surface area contributed by atoms with Crippen LogP contribution in [-0.4, -0.2) is 65.7 Å². The van der Waals surface area contributed by atoms with Gasteiger partial charge in [0.25, 0.3) is 0 Å². The zero-order chi connectivity index (χ0) is 37.0. The molecule has 290 valence electrons. The van der Waals surface area contributed by atoms with Gasteiger partial charge in [0.05, 0.1) is 26.4 Å². The summed E-state index contributed by atoms with van der Waals surface area (Å²) in [5, 5.41) is 19.1. The van der Waals surface area contributed by atoms with E-state index >= 15 is 0 Å². The van der Waals surface area contributed by atoms with E-state index in [0.29, 0.717) is 12.8 Å². The highest BCUT2D eigenvalue weighted by molar-refractivity contribution is 7.47. The van der Waals surface area contributed by atoms with Crippen molar-refractivity contribution in [3.05, 3.63) is 48.6 Å². The number of rotatable bonds is 35.